The number of hydrogen-bond donors (Lipinski definition) is 2. The van der Waals surface area contributed by atoms with E-state index in [0.717, 1.165) is 51.9 Å². The van der Waals surface area contributed by atoms with Gasteiger partial charge in [-0.3, -0.25) is 10.2 Å². The van der Waals surface area contributed by atoms with Crippen molar-refractivity contribution in [2.24, 2.45) is 11.7 Å². The van der Waals surface area contributed by atoms with E-state index in [1.54, 1.807) is 0 Å². The van der Waals surface area contributed by atoms with Crippen LogP contribution < -0.4 is 11.2 Å². The molecule has 0 spiro atoms. The molecule has 0 radical (unpaired) electrons. The molecule has 1 aliphatic heterocycles. The first-order valence-electron chi connectivity index (χ1n) is 6.64. The average molecular weight is 240 g/mol. The second kappa shape index (κ2) is 5.80. The van der Waals surface area contributed by atoms with E-state index >= 15 is 0 Å². The van der Waals surface area contributed by atoms with Crippen LogP contribution in [0.3, 0.4) is 0 Å². The summed E-state index contributed by atoms with van der Waals surface area (Å²) in [6.07, 6.45) is 3.99. The molecule has 2 fully saturated rings. The Bertz CT molecular complexity index is 263. The van der Waals surface area contributed by atoms with Crippen molar-refractivity contribution in [2.45, 2.75) is 31.7 Å². The maximum Gasteiger partial charge on any atom is 0.237 e. The topological polar surface area (TPSA) is 61.6 Å². The Kier molecular flexibility index (Phi) is 4.36. The smallest absolute Gasteiger partial charge is 0.237 e. The lowest BCUT2D eigenvalue weighted by molar-refractivity contribution is -0.131. The SMILES string of the molecule is CN1CCN(NC(=O)C2CCCC(N)C2)CC1. The van der Waals surface area contributed by atoms with E-state index in [2.05, 4.69) is 17.4 Å². The van der Waals surface area contributed by atoms with Crippen LogP contribution in [0.4, 0.5) is 0 Å². The Morgan fingerprint density at radius 2 is 1.94 bits per heavy atom. The largest absolute Gasteiger partial charge is 0.328 e. The molecular weight excluding hydrogens is 216 g/mol. The van der Waals surface area contributed by atoms with Crippen molar-refractivity contribution in [3.63, 3.8) is 0 Å². The minimum Gasteiger partial charge on any atom is -0.328 e. The second-order valence-electron chi connectivity index (χ2n) is 5.39. The highest BCUT2D eigenvalue weighted by Gasteiger charge is 2.27. The summed E-state index contributed by atoms with van der Waals surface area (Å²) in [4.78, 5) is 14.3. The van der Waals surface area contributed by atoms with Crippen LogP contribution in [0.15, 0.2) is 0 Å². The number of amides is 1. The maximum atomic E-state index is 12.1. The van der Waals surface area contributed by atoms with Gasteiger partial charge in [0.15, 0.2) is 0 Å². The summed E-state index contributed by atoms with van der Waals surface area (Å²) in [6.45, 7) is 3.87. The summed E-state index contributed by atoms with van der Waals surface area (Å²) in [5.41, 5.74) is 8.96. The summed E-state index contributed by atoms with van der Waals surface area (Å²) in [5, 5.41) is 2.04. The van der Waals surface area contributed by atoms with E-state index in [-0.39, 0.29) is 17.9 Å². The molecule has 5 heteroatoms. The van der Waals surface area contributed by atoms with Crippen LogP contribution in [0.1, 0.15) is 25.7 Å². The van der Waals surface area contributed by atoms with E-state index in [1.807, 2.05) is 5.01 Å². The summed E-state index contributed by atoms with van der Waals surface area (Å²) in [7, 11) is 2.11. The first-order chi connectivity index (χ1) is 8.15. The van der Waals surface area contributed by atoms with Gasteiger partial charge in [-0.05, 0) is 26.3 Å². The molecule has 0 aromatic heterocycles. The van der Waals surface area contributed by atoms with Crippen molar-refractivity contribution in [3.05, 3.63) is 0 Å². The molecule has 0 aromatic carbocycles. The second-order valence-corrected chi connectivity index (χ2v) is 5.39. The molecule has 2 atom stereocenters. The van der Waals surface area contributed by atoms with E-state index < -0.39 is 0 Å². The molecule has 0 aromatic rings. The van der Waals surface area contributed by atoms with Gasteiger partial charge in [-0.1, -0.05) is 6.42 Å². The third kappa shape index (κ3) is 3.66. The van der Waals surface area contributed by atoms with Gasteiger partial charge in [0.1, 0.15) is 0 Å². The monoisotopic (exact) mass is 240 g/mol. The van der Waals surface area contributed by atoms with E-state index in [1.165, 1.54) is 0 Å². The highest BCUT2D eigenvalue weighted by molar-refractivity contribution is 5.78. The molecule has 1 amide bonds. The number of hydrazine groups is 1. The lowest BCUT2D eigenvalue weighted by Crippen LogP contribution is -2.54. The van der Waals surface area contributed by atoms with Gasteiger partial charge >= 0.3 is 0 Å². The fourth-order valence-electron chi connectivity index (χ4n) is 2.63. The summed E-state index contributed by atoms with van der Waals surface area (Å²) < 4.78 is 0. The van der Waals surface area contributed by atoms with Crippen molar-refractivity contribution < 1.29 is 4.79 Å². The third-order valence-electron chi connectivity index (χ3n) is 3.86. The third-order valence-corrected chi connectivity index (χ3v) is 3.86. The minimum absolute atomic E-state index is 0.124. The zero-order valence-corrected chi connectivity index (χ0v) is 10.7. The predicted octanol–water partition coefficient (Wildman–Crippen LogP) is -0.217. The van der Waals surface area contributed by atoms with Crippen molar-refractivity contribution in [1.29, 1.82) is 0 Å². The number of carbonyl (C=O) groups excluding carboxylic acids is 1. The highest BCUT2D eigenvalue weighted by atomic mass is 16.2. The van der Waals surface area contributed by atoms with Gasteiger partial charge in [-0.25, -0.2) is 5.01 Å². The highest BCUT2D eigenvalue weighted by Crippen LogP contribution is 2.23. The van der Waals surface area contributed by atoms with Crippen LogP contribution in [-0.2, 0) is 4.79 Å². The van der Waals surface area contributed by atoms with E-state index in [9.17, 15) is 4.79 Å². The number of nitrogens with zero attached hydrogens (tertiary/aromatic N) is 2. The molecule has 98 valence electrons. The van der Waals surface area contributed by atoms with Gasteiger partial charge in [0, 0.05) is 38.1 Å². The Morgan fingerprint density at radius 3 is 2.59 bits per heavy atom. The number of piperazine rings is 1. The first-order valence-corrected chi connectivity index (χ1v) is 6.64. The van der Waals surface area contributed by atoms with Crippen molar-refractivity contribution in [3.8, 4) is 0 Å². The van der Waals surface area contributed by atoms with Crippen molar-refractivity contribution in [2.75, 3.05) is 33.2 Å². The lowest BCUT2D eigenvalue weighted by Gasteiger charge is -2.34. The van der Waals surface area contributed by atoms with Crippen LogP contribution in [0.25, 0.3) is 0 Å². The number of hydrogen-bond acceptors (Lipinski definition) is 4. The first kappa shape index (κ1) is 12.8. The molecule has 2 aliphatic rings. The zero-order valence-electron chi connectivity index (χ0n) is 10.7. The molecule has 1 heterocycles. The summed E-state index contributed by atoms with van der Waals surface area (Å²) in [6, 6.07) is 0.215. The Balaban J connectivity index is 1.76. The molecule has 3 N–H and O–H groups in total. The summed E-state index contributed by atoms with van der Waals surface area (Å²) in [5.74, 6) is 0.295. The van der Waals surface area contributed by atoms with Crippen LogP contribution in [0.2, 0.25) is 0 Å². The lowest BCUT2D eigenvalue weighted by atomic mass is 9.86. The number of likely N-dealkylation sites (N-methyl/N-ethyl adjacent to an activating group) is 1. The number of rotatable bonds is 2. The van der Waals surface area contributed by atoms with Gasteiger partial charge in [-0.2, -0.15) is 0 Å². The predicted molar refractivity (Wildman–Crippen MR) is 67.1 cm³/mol. The number of nitrogens with two attached hydrogens (primary N) is 1. The number of carbonyl (C=O) groups is 1. The van der Waals surface area contributed by atoms with E-state index in [4.69, 9.17) is 5.73 Å². The Hall–Kier alpha value is -0.650. The molecule has 17 heavy (non-hydrogen) atoms. The molecular formula is C12H24N4O. The minimum atomic E-state index is 0.124. The molecule has 1 aliphatic carbocycles. The number of nitrogens with one attached hydrogen (secondary N) is 1. The zero-order chi connectivity index (χ0) is 12.3. The normalized spacial score (nSPS) is 32.4. The van der Waals surface area contributed by atoms with Gasteiger partial charge < -0.3 is 10.6 Å². The Labute approximate surface area is 103 Å². The van der Waals surface area contributed by atoms with Crippen LogP contribution in [0, 0.1) is 5.92 Å². The Morgan fingerprint density at radius 1 is 1.24 bits per heavy atom. The molecule has 0 bridgehead atoms. The molecule has 5 nitrogen and oxygen atoms in total. The van der Waals surface area contributed by atoms with E-state index in [0.29, 0.717) is 0 Å². The maximum absolute atomic E-state index is 12.1. The van der Waals surface area contributed by atoms with Crippen LogP contribution in [0.5, 0.6) is 0 Å². The average Bonchev–Trinajstić information content (AvgIpc) is 2.32. The molecule has 1 saturated heterocycles. The molecule has 1 saturated carbocycles. The van der Waals surface area contributed by atoms with Crippen molar-refractivity contribution >= 4 is 5.91 Å². The fraction of sp³-hybridized carbons (Fsp3) is 0.917. The van der Waals surface area contributed by atoms with Gasteiger partial charge in [-0.15, -0.1) is 0 Å². The van der Waals surface area contributed by atoms with Crippen LogP contribution in [-0.4, -0.2) is 55.1 Å². The van der Waals surface area contributed by atoms with Gasteiger partial charge in [0.2, 0.25) is 5.91 Å². The van der Waals surface area contributed by atoms with Gasteiger partial charge in [0.25, 0.3) is 0 Å². The van der Waals surface area contributed by atoms with Gasteiger partial charge in [0.05, 0.1) is 0 Å². The van der Waals surface area contributed by atoms with Crippen molar-refractivity contribution in [1.82, 2.24) is 15.3 Å². The summed E-state index contributed by atoms with van der Waals surface area (Å²) >= 11 is 0. The quantitative estimate of drug-likeness (QED) is 0.701. The molecule has 2 unspecified atom stereocenters. The van der Waals surface area contributed by atoms with Crippen LogP contribution >= 0.6 is 0 Å². The molecule has 2 rings (SSSR count). The standard InChI is InChI=1S/C12H24N4O/c1-15-5-7-16(8-6-15)14-12(17)10-3-2-4-11(13)9-10/h10-11H,2-9,13H2,1H3,(H,14,17). The fourth-order valence-corrected chi connectivity index (χ4v) is 2.63.